The van der Waals surface area contributed by atoms with Crippen molar-refractivity contribution in [2.75, 3.05) is 19.6 Å². The summed E-state index contributed by atoms with van der Waals surface area (Å²) in [6, 6.07) is 12.0. The quantitative estimate of drug-likeness (QED) is 0.875. The van der Waals surface area contributed by atoms with Gasteiger partial charge in [0, 0.05) is 38.1 Å². The number of hydrogen-bond donors (Lipinski definition) is 2. The van der Waals surface area contributed by atoms with Crippen LogP contribution in [0.5, 0.6) is 0 Å². The number of hydrogen-bond acceptors (Lipinski definition) is 4. The second kappa shape index (κ2) is 7.55. The van der Waals surface area contributed by atoms with Crippen molar-refractivity contribution in [3.05, 3.63) is 65.0 Å². The number of carbonyl (C=O) groups is 1. The number of rotatable bonds is 5. The van der Waals surface area contributed by atoms with Crippen molar-refractivity contribution in [3.63, 3.8) is 0 Å². The highest BCUT2D eigenvalue weighted by atomic mass is 16.3. The Balaban J connectivity index is 1.47. The highest BCUT2D eigenvalue weighted by Gasteiger charge is 2.18. The summed E-state index contributed by atoms with van der Waals surface area (Å²) in [5.41, 5.74) is 4.10. The molecule has 1 atom stereocenters. The normalized spacial score (nSPS) is 15.6. The summed E-state index contributed by atoms with van der Waals surface area (Å²) in [5, 5.41) is 13.0. The topological polar surface area (TPSA) is 65.5 Å². The summed E-state index contributed by atoms with van der Waals surface area (Å²) in [7, 11) is 0. The molecule has 1 aliphatic heterocycles. The van der Waals surface area contributed by atoms with Crippen LogP contribution in [0.1, 0.15) is 27.2 Å². The second-order valence-electron chi connectivity index (χ2n) is 6.31. The first-order chi connectivity index (χ1) is 11.6. The minimum absolute atomic E-state index is 0.203. The Labute approximate surface area is 142 Å². The molecule has 0 bridgehead atoms. The van der Waals surface area contributed by atoms with Crippen LogP contribution in [0.4, 0.5) is 0 Å². The van der Waals surface area contributed by atoms with Crippen LogP contribution in [0, 0.1) is 6.92 Å². The number of nitrogens with one attached hydrogen (secondary N) is 1. The van der Waals surface area contributed by atoms with Crippen LogP contribution in [0.25, 0.3) is 0 Å². The van der Waals surface area contributed by atoms with Crippen molar-refractivity contribution in [3.8, 4) is 0 Å². The molecule has 0 aliphatic carbocycles. The van der Waals surface area contributed by atoms with E-state index in [1.807, 2.05) is 6.92 Å². The van der Waals surface area contributed by atoms with Gasteiger partial charge in [0.05, 0.1) is 11.7 Å². The van der Waals surface area contributed by atoms with Crippen LogP contribution >= 0.6 is 0 Å². The maximum Gasteiger partial charge on any atom is 0.252 e. The summed E-state index contributed by atoms with van der Waals surface area (Å²) in [5.74, 6) is -0.203. The van der Waals surface area contributed by atoms with Crippen LogP contribution < -0.4 is 5.32 Å². The van der Waals surface area contributed by atoms with E-state index in [4.69, 9.17) is 0 Å². The molecule has 1 amide bonds. The number of aryl methyl sites for hydroxylation is 1. The van der Waals surface area contributed by atoms with Crippen molar-refractivity contribution in [2.24, 2.45) is 0 Å². The smallest absolute Gasteiger partial charge is 0.252 e. The third kappa shape index (κ3) is 4.19. The minimum Gasteiger partial charge on any atom is -0.390 e. The van der Waals surface area contributed by atoms with Gasteiger partial charge in [-0.1, -0.05) is 24.3 Å². The predicted octanol–water partition coefficient (Wildman–Crippen LogP) is 1.54. The molecular weight excluding hydrogens is 302 g/mol. The van der Waals surface area contributed by atoms with Crippen LogP contribution in [0.2, 0.25) is 0 Å². The lowest BCUT2D eigenvalue weighted by Crippen LogP contribution is -2.42. The van der Waals surface area contributed by atoms with E-state index in [2.05, 4.69) is 39.5 Å². The molecule has 0 spiro atoms. The van der Waals surface area contributed by atoms with Gasteiger partial charge in [-0.05, 0) is 36.6 Å². The van der Waals surface area contributed by atoms with Crippen molar-refractivity contribution < 1.29 is 9.90 Å². The van der Waals surface area contributed by atoms with Gasteiger partial charge < -0.3 is 10.4 Å². The van der Waals surface area contributed by atoms with E-state index in [0.29, 0.717) is 12.1 Å². The molecule has 5 nitrogen and oxygen atoms in total. The van der Waals surface area contributed by atoms with Crippen molar-refractivity contribution >= 4 is 5.91 Å². The Morgan fingerprint density at radius 1 is 1.29 bits per heavy atom. The van der Waals surface area contributed by atoms with Crippen LogP contribution in [0.15, 0.2) is 42.6 Å². The van der Waals surface area contributed by atoms with E-state index in [1.54, 1.807) is 18.3 Å². The van der Waals surface area contributed by atoms with Crippen LogP contribution in [-0.2, 0) is 13.0 Å². The Kier molecular flexibility index (Phi) is 5.23. The zero-order valence-electron chi connectivity index (χ0n) is 13.9. The molecule has 2 heterocycles. The van der Waals surface area contributed by atoms with E-state index < -0.39 is 6.10 Å². The lowest BCUT2D eigenvalue weighted by atomic mass is 10.00. The molecule has 2 N–H and O–H groups in total. The fourth-order valence-corrected chi connectivity index (χ4v) is 2.99. The number of fused-ring (bicyclic) bond motifs is 1. The monoisotopic (exact) mass is 325 g/mol. The zero-order valence-corrected chi connectivity index (χ0v) is 13.9. The van der Waals surface area contributed by atoms with Crippen molar-refractivity contribution in [1.82, 2.24) is 15.2 Å². The summed E-state index contributed by atoms with van der Waals surface area (Å²) >= 11 is 0. The maximum atomic E-state index is 12.0. The van der Waals surface area contributed by atoms with E-state index in [1.165, 1.54) is 11.1 Å². The van der Waals surface area contributed by atoms with Crippen LogP contribution in [-0.4, -0.2) is 46.6 Å². The number of benzene rings is 1. The highest BCUT2D eigenvalue weighted by Crippen LogP contribution is 2.18. The Bertz CT molecular complexity index is 700. The molecule has 3 rings (SSSR count). The summed E-state index contributed by atoms with van der Waals surface area (Å²) in [6.07, 6.45) is 1.97. The first kappa shape index (κ1) is 16.6. The fourth-order valence-electron chi connectivity index (χ4n) is 2.99. The molecular formula is C19H23N3O2. The molecule has 0 fully saturated rings. The van der Waals surface area contributed by atoms with Crippen LogP contribution in [0.3, 0.4) is 0 Å². The van der Waals surface area contributed by atoms with Crippen molar-refractivity contribution in [2.45, 2.75) is 26.0 Å². The lowest BCUT2D eigenvalue weighted by Gasteiger charge is -2.30. The predicted molar refractivity (Wildman–Crippen MR) is 92.7 cm³/mol. The summed E-state index contributed by atoms with van der Waals surface area (Å²) in [4.78, 5) is 18.4. The van der Waals surface area contributed by atoms with E-state index >= 15 is 0 Å². The number of aliphatic hydroxyl groups is 1. The van der Waals surface area contributed by atoms with Crippen molar-refractivity contribution in [1.29, 1.82) is 0 Å². The standard InChI is InChI=1S/C19H23N3O2/c1-14-6-7-16(10-20-14)19(24)21-11-18(23)13-22-9-8-15-4-2-3-5-17(15)12-22/h2-7,10,18,23H,8-9,11-13H2,1H3,(H,21,24). The highest BCUT2D eigenvalue weighted by molar-refractivity contribution is 5.93. The van der Waals surface area contributed by atoms with Gasteiger partial charge in [-0.25, -0.2) is 0 Å². The SMILES string of the molecule is Cc1ccc(C(=O)NCC(O)CN2CCc3ccccc3C2)cn1. The molecule has 24 heavy (non-hydrogen) atoms. The fraction of sp³-hybridized carbons (Fsp3) is 0.368. The third-order valence-electron chi connectivity index (χ3n) is 4.35. The van der Waals surface area contributed by atoms with Gasteiger partial charge in [0.15, 0.2) is 0 Å². The number of β-amino-alcohol motifs (C(OH)–C–C–N with tert-alkyl or cyclic N) is 1. The number of amides is 1. The van der Waals surface area contributed by atoms with Gasteiger partial charge in [-0.3, -0.25) is 14.7 Å². The molecule has 126 valence electrons. The largest absolute Gasteiger partial charge is 0.390 e. The maximum absolute atomic E-state index is 12.0. The van der Waals surface area contributed by atoms with Gasteiger partial charge in [-0.15, -0.1) is 0 Å². The number of aromatic nitrogens is 1. The van der Waals surface area contributed by atoms with E-state index in [9.17, 15) is 9.90 Å². The van der Waals surface area contributed by atoms with Gasteiger partial charge in [0.25, 0.3) is 5.91 Å². The molecule has 2 aromatic rings. The molecule has 1 unspecified atom stereocenters. The average molecular weight is 325 g/mol. The molecule has 5 heteroatoms. The van der Waals surface area contributed by atoms with Gasteiger partial charge in [-0.2, -0.15) is 0 Å². The summed E-state index contributed by atoms with van der Waals surface area (Å²) < 4.78 is 0. The Morgan fingerprint density at radius 2 is 2.08 bits per heavy atom. The van der Waals surface area contributed by atoms with Gasteiger partial charge in [0.2, 0.25) is 0 Å². The van der Waals surface area contributed by atoms with E-state index in [-0.39, 0.29) is 12.5 Å². The molecule has 0 saturated carbocycles. The molecule has 1 aliphatic rings. The molecule has 1 aromatic carbocycles. The number of nitrogens with zero attached hydrogens (tertiary/aromatic N) is 2. The summed E-state index contributed by atoms with van der Waals surface area (Å²) in [6.45, 7) is 4.46. The first-order valence-corrected chi connectivity index (χ1v) is 8.30. The van der Waals surface area contributed by atoms with E-state index in [0.717, 1.165) is 25.2 Å². The Morgan fingerprint density at radius 3 is 2.83 bits per heavy atom. The number of aliphatic hydroxyl groups excluding tert-OH is 1. The zero-order chi connectivity index (χ0) is 16.9. The lowest BCUT2D eigenvalue weighted by molar-refractivity contribution is 0.0841. The average Bonchev–Trinajstić information content (AvgIpc) is 2.60. The Hall–Kier alpha value is -2.24. The first-order valence-electron chi connectivity index (χ1n) is 8.30. The van der Waals surface area contributed by atoms with Gasteiger partial charge >= 0.3 is 0 Å². The second-order valence-corrected chi connectivity index (χ2v) is 6.31. The molecule has 1 aromatic heterocycles. The molecule has 0 radical (unpaired) electrons. The number of pyridine rings is 1. The minimum atomic E-state index is -0.586. The van der Waals surface area contributed by atoms with Gasteiger partial charge in [0.1, 0.15) is 0 Å². The third-order valence-corrected chi connectivity index (χ3v) is 4.35. The number of carbonyl (C=O) groups excluding carboxylic acids is 1. The molecule has 0 saturated heterocycles.